The largest absolute Gasteiger partial charge is 0.354 e. The second kappa shape index (κ2) is 8.23. The molecule has 0 radical (unpaired) electrons. The second-order valence-corrected chi connectivity index (χ2v) is 8.09. The Hall–Kier alpha value is -4.06. The molecule has 6 nitrogen and oxygen atoms in total. The van der Waals surface area contributed by atoms with E-state index in [-0.39, 0.29) is 6.03 Å². The van der Waals surface area contributed by atoms with Crippen LogP contribution in [0.3, 0.4) is 0 Å². The van der Waals surface area contributed by atoms with E-state index in [0.717, 1.165) is 34.5 Å². The van der Waals surface area contributed by atoms with Crippen LogP contribution in [0.4, 0.5) is 16.2 Å². The van der Waals surface area contributed by atoms with Crippen LogP contribution in [-0.2, 0) is 0 Å². The minimum absolute atomic E-state index is 0.104. The molecule has 4 aromatic rings. The molecule has 0 fully saturated rings. The van der Waals surface area contributed by atoms with Crippen molar-refractivity contribution in [2.45, 2.75) is 13.3 Å². The number of urea groups is 1. The molecule has 160 valence electrons. The van der Waals surface area contributed by atoms with Crippen molar-refractivity contribution in [3.05, 3.63) is 84.8 Å². The molecule has 0 saturated carbocycles. The molecular weight excluding hydrogens is 398 g/mol. The Bertz CT molecular complexity index is 1360. The topological polar surface area (TPSA) is 73.1 Å². The first-order valence-electron chi connectivity index (χ1n) is 10.7. The number of rotatable bonds is 4. The second-order valence-electron chi connectivity index (χ2n) is 8.09. The first kappa shape index (κ1) is 19.9. The van der Waals surface area contributed by atoms with Gasteiger partial charge in [0, 0.05) is 47.1 Å². The molecule has 2 aromatic carbocycles. The zero-order chi connectivity index (χ0) is 22.1. The number of hydrogen-bond acceptors (Lipinski definition) is 3. The zero-order valence-electron chi connectivity index (χ0n) is 18.0. The highest BCUT2D eigenvalue weighted by atomic mass is 16.2. The highest BCUT2D eigenvalue weighted by Gasteiger charge is 2.19. The maximum absolute atomic E-state index is 12.2. The fourth-order valence-electron chi connectivity index (χ4n) is 4.15. The third-order valence-electron chi connectivity index (χ3n) is 5.75. The fourth-order valence-corrected chi connectivity index (χ4v) is 4.15. The molecule has 6 heteroatoms. The van der Waals surface area contributed by atoms with Gasteiger partial charge < -0.3 is 20.5 Å². The van der Waals surface area contributed by atoms with Crippen molar-refractivity contribution in [3.63, 3.8) is 0 Å². The summed E-state index contributed by atoms with van der Waals surface area (Å²) < 4.78 is 0. The predicted octanol–water partition coefficient (Wildman–Crippen LogP) is 5.79. The van der Waals surface area contributed by atoms with E-state index in [9.17, 15) is 4.79 Å². The number of anilines is 2. The van der Waals surface area contributed by atoms with E-state index >= 15 is 0 Å². The summed E-state index contributed by atoms with van der Waals surface area (Å²) in [4.78, 5) is 22.0. The van der Waals surface area contributed by atoms with E-state index in [1.165, 1.54) is 16.3 Å². The SMILES string of the molecule is C=C(C)NC(=O)N1CC=C(c2cc3c(Nc4cccc5ccccc45)ccnc3[nH]2)CC1. The van der Waals surface area contributed by atoms with Crippen molar-refractivity contribution in [1.82, 2.24) is 20.2 Å². The van der Waals surface area contributed by atoms with E-state index in [1.54, 1.807) is 11.8 Å². The van der Waals surface area contributed by atoms with E-state index in [2.05, 4.69) is 81.8 Å². The van der Waals surface area contributed by atoms with E-state index in [4.69, 9.17) is 0 Å². The number of aromatic nitrogens is 2. The molecule has 1 aliphatic rings. The Kier molecular flexibility index (Phi) is 5.11. The molecule has 0 saturated heterocycles. The van der Waals surface area contributed by atoms with Gasteiger partial charge in [0.15, 0.2) is 0 Å². The number of benzene rings is 2. The molecule has 0 bridgehead atoms. The van der Waals surface area contributed by atoms with Gasteiger partial charge in [0.25, 0.3) is 0 Å². The standard InChI is InChI=1S/C26H25N5O/c1-17(2)28-26(32)31-14-11-19(12-15-31)24-16-21-23(10-13-27-25(21)30-24)29-22-9-5-7-18-6-3-4-8-20(18)22/h3-11,13,16H,1,12,14-15H2,2H3,(H,28,32)(H2,27,29,30). The summed E-state index contributed by atoms with van der Waals surface area (Å²) in [6.45, 7) is 6.75. The number of nitrogens with one attached hydrogen (secondary N) is 3. The third kappa shape index (κ3) is 3.83. The predicted molar refractivity (Wildman–Crippen MR) is 131 cm³/mol. The number of carbonyl (C=O) groups excluding carboxylic acids is 1. The average Bonchev–Trinajstić information content (AvgIpc) is 3.24. The number of H-pyrrole nitrogens is 1. The van der Waals surface area contributed by atoms with Gasteiger partial charge in [0.2, 0.25) is 0 Å². The monoisotopic (exact) mass is 423 g/mol. The Labute approximate surface area is 186 Å². The Morgan fingerprint density at radius 2 is 1.91 bits per heavy atom. The van der Waals surface area contributed by atoms with Gasteiger partial charge in [-0.3, -0.25) is 0 Å². The van der Waals surface area contributed by atoms with Crippen LogP contribution in [-0.4, -0.2) is 34.0 Å². The summed E-state index contributed by atoms with van der Waals surface area (Å²) in [6, 6.07) is 18.7. The van der Waals surface area contributed by atoms with Gasteiger partial charge in [-0.15, -0.1) is 0 Å². The summed E-state index contributed by atoms with van der Waals surface area (Å²) in [5.41, 5.74) is 5.80. The molecule has 0 unspecified atom stereocenters. The fraction of sp³-hybridized carbons (Fsp3) is 0.154. The Balaban J connectivity index is 1.42. The van der Waals surface area contributed by atoms with Gasteiger partial charge in [-0.2, -0.15) is 0 Å². The molecule has 2 amide bonds. The maximum Gasteiger partial charge on any atom is 0.321 e. The molecule has 3 heterocycles. The summed E-state index contributed by atoms with van der Waals surface area (Å²) in [5.74, 6) is 0. The number of amides is 2. The Morgan fingerprint density at radius 3 is 2.72 bits per heavy atom. The van der Waals surface area contributed by atoms with Crippen LogP contribution in [0.1, 0.15) is 19.0 Å². The maximum atomic E-state index is 12.2. The van der Waals surface area contributed by atoms with Crippen molar-refractivity contribution in [1.29, 1.82) is 0 Å². The lowest BCUT2D eigenvalue weighted by Gasteiger charge is -2.26. The minimum atomic E-state index is -0.104. The Morgan fingerprint density at radius 1 is 1.09 bits per heavy atom. The van der Waals surface area contributed by atoms with Crippen LogP contribution in [0.25, 0.3) is 27.4 Å². The minimum Gasteiger partial charge on any atom is -0.354 e. The van der Waals surface area contributed by atoms with E-state index in [0.29, 0.717) is 18.8 Å². The van der Waals surface area contributed by atoms with Crippen molar-refractivity contribution in [2.75, 3.05) is 18.4 Å². The van der Waals surface area contributed by atoms with Crippen LogP contribution < -0.4 is 10.6 Å². The smallest absolute Gasteiger partial charge is 0.321 e. The van der Waals surface area contributed by atoms with Crippen LogP contribution in [0.2, 0.25) is 0 Å². The molecule has 1 aliphatic heterocycles. The van der Waals surface area contributed by atoms with Gasteiger partial charge >= 0.3 is 6.03 Å². The molecule has 3 N–H and O–H groups in total. The zero-order valence-corrected chi connectivity index (χ0v) is 18.0. The van der Waals surface area contributed by atoms with Gasteiger partial charge in [0.1, 0.15) is 5.65 Å². The summed E-state index contributed by atoms with van der Waals surface area (Å²) >= 11 is 0. The number of nitrogens with zero attached hydrogens (tertiary/aromatic N) is 2. The van der Waals surface area contributed by atoms with Gasteiger partial charge in [-0.25, -0.2) is 9.78 Å². The molecule has 5 rings (SSSR count). The number of aromatic amines is 1. The van der Waals surface area contributed by atoms with Gasteiger partial charge in [-0.1, -0.05) is 49.1 Å². The van der Waals surface area contributed by atoms with Crippen molar-refractivity contribution >= 4 is 44.8 Å². The lowest BCUT2D eigenvalue weighted by Crippen LogP contribution is -2.41. The van der Waals surface area contributed by atoms with E-state index < -0.39 is 0 Å². The first-order valence-corrected chi connectivity index (χ1v) is 10.7. The highest BCUT2D eigenvalue weighted by molar-refractivity contribution is 6.00. The molecular formula is C26H25N5O. The number of fused-ring (bicyclic) bond motifs is 2. The number of carbonyl (C=O) groups is 1. The van der Waals surface area contributed by atoms with Gasteiger partial charge in [-0.05, 0) is 42.5 Å². The number of allylic oxidation sites excluding steroid dienone is 1. The molecule has 2 aromatic heterocycles. The third-order valence-corrected chi connectivity index (χ3v) is 5.75. The first-order chi connectivity index (χ1) is 15.6. The molecule has 0 atom stereocenters. The van der Waals surface area contributed by atoms with Crippen LogP contribution in [0.5, 0.6) is 0 Å². The molecule has 0 aliphatic carbocycles. The summed E-state index contributed by atoms with van der Waals surface area (Å²) in [5, 5.41) is 9.79. The van der Waals surface area contributed by atoms with Crippen molar-refractivity contribution < 1.29 is 4.79 Å². The number of pyridine rings is 1. The van der Waals surface area contributed by atoms with Crippen LogP contribution >= 0.6 is 0 Å². The van der Waals surface area contributed by atoms with Crippen LogP contribution in [0.15, 0.2) is 79.1 Å². The average molecular weight is 424 g/mol. The summed E-state index contributed by atoms with van der Waals surface area (Å²) in [6.07, 6.45) is 4.70. The highest BCUT2D eigenvalue weighted by Crippen LogP contribution is 2.32. The van der Waals surface area contributed by atoms with Gasteiger partial charge in [0.05, 0.1) is 5.69 Å². The summed E-state index contributed by atoms with van der Waals surface area (Å²) in [7, 11) is 0. The normalized spacial score (nSPS) is 13.8. The number of hydrogen-bond donors (Lipinski definition) is 3. The lowest BCUT2D eigenvalue weighted by atomic mass is 10.0. The quantitative estimate of drug-likeness (QED) is 0.389. The lowest BCUT2D eigenvalue weighted by molar-refractivity contribution is 0.206. The van der Waals surface area contributed by atoms with E-state index in [1.807, 2.05) is 12.3 Å². The van der Waals surface area contributed by atoms with Crippen LogP contribution in [0, 0.1) is 0 Å². The van der Waals surface area contributed by atoms with Crippen molar-refractivity contribution in [2.24, 2.45) is 0 Å². The molecule has 0 spiro atoms. The van der Waals surface area contributed by atoms with Crippen molar-refractivity contribution in [3.8, 4) is 0 Å². The molecule has 32 heavy (non-hydrogen) atoms.